The lowest BCUT2D eigenvalue weighted by atomic mass is 10.2. The Balaban J connectivity index is 1.98. The van der Waals surface area contributed by atoms with Crippen LogP contribution in [0.25, 0.3) is 0 Å². The molecule has 0 N–H and O–H groups in total. The van der Waals surface area contributed by atoms with E-state index in [1.165, 1.54) is 5.56 Å². The Bertz CT molecular complexity index is 329. The largest absolute Gasteiger partial charge is 0.491 e. The average Bonchev–Trinajstić information content (AvgIpc) is 2.47. The molecule has 4 nitrogen and oxygen atoms in total. The SMILES string of the molecule is COCCOCCOCCOc1ccc(CCCl)cc1. The molecule has 0 spiro atoms. The van der Waals surface area contributed by atoms with Gasteiger partial charge in [0.2, 0.25) is 0 Å². The van der Waals surface area contributed by atoms with Gasteiger partial charge < -0.3 is 18.9 Å². The van der Waals surface area contributed by atoms with Gasteiger partial charge in [-0.05, 0) is 24.1 Å². The second kappa shape index (κ2) is 12.0. The van der Waals surface area contributed by atoms with Crippen LogP contribution in [0.1, 0.15) is 5.56 Å². The Morgan fingerprint density at radius 1 is 0.850 bits per heavy atom. The fourth-order valence-electron chi connectivity index (χ4n) is 1.54. The summed E-state index contributed by atoms with van der Waals surface area (Å²) in [6.07, 6.45) is 0.883. The van der Waals surface area contributed by atoms with E-state index in [1.54, 1.807) is 7.11 Å². The van der Waals surface area contributed by atoms with Crippen molar-refractivity contribution in [2.24, 2.45) is 0 Å². The minimum atomic E-state index is 0.535. The summed E-state index contributed by atoms with van der Waals surface area (Å²) in [4.78, 5) is 0. The highest BCUT2D eigenvalue weighted by molar-refractivity contribution is 6.17. The summed E-state index contributed by atoms with van der Waals surface area (Å²) >= 11 is 5.68. The van der Waals surface area contributed by atoms with Gasteiger partial charge in [0, 0.05) is 13.0 Å². The number of rotatable bonds is 12. The van der Waals surface area contributed by atoms with Crippen molar-refractivity contribution in [2.75, 3.05) is 52.6 Å². The standard InChI is InChI=1S/C15H23ClO4/c1-17-8-9-18-10-11-19-12-13-20-15-4-2-14(3-5-15)6-7-16/h2-5H,6-13H2,1H3. The Labute approximate surface area is 125 Å². The molecule has 0 amide bonds. The highest BCUT2D eigenvalue weighted by Gasteiger charge is 1.96. The maximum absolute atomic E-state index is 5.68. The molecule has 1 rings (SSSR count). The maximum atomic E-state index is 5.68. The Morgan fingerprint density at radius 2 is 1.45 bits per heavy atom. The van der Waals surface area contributed by atoms with Crippen LogP contribution < -0.4 is 4.74 Å². The molecule has 5 heteroatoms. The van der Waals surface area contributed by atoms with Crippen molar-refractivity contribution in [3.05, 3.63) is 29.8 Å². The quantitative estimate of drug-likeness (QED) is 0.439. The van der Waals surface area contributed by atoms with Gasteiger partial charge in [0.15, 0.2) is 0 Å². The van der Waals surface area contributed by atoms with E-state index >= 15 is 0 Å². The summed E-state index contributed by atoms with van der Waals surface area (Å²) < 4.78 is 21.1. The first kappa shape index (κ1) is 17.2. The molecule has 0 bridgehead atoms. The van der Waals surface area contributed by atoms with Gasteiger partial charge in [-0.25, -0.2) is 0 Å². The van der Waals surface area contributed by atoms with Gasteiger partial charge in [-0.1, -0.05) is 12.1 Å². The van der Waals surface area contributed by atoms with E-state index in [2.05, 4.69) is 0 Å². The molecule has 1 aromatic carbocycles. The normalized spacial score (nSPS) is 10.7. The molecule has 0 aliphatic carbocycles. The number of ether oxygens (including phenoxy) is 4. The third kappa shape index (κ3) is 8.38. The van der Waals surface area contributed by atoms with Gasteiger partial charge in [0.1, 0.15) is 12.4 Å². The molecule has 20 heavy (non-hydrogen) atoms. The fourth-order valence-corrected chi connectivity index (χ4v) is 1.76. The number of benzene rings is 1. The number of alkyl halides is 1. The van der Waals surface area contributed by atoms with Crippen molar-refractivity contribution in [3.63, 3.8) is 0 Å². The van der Waals surface area contributed by atoms with Gasteiger partial charge in [0.25, 0.3) is 0 Å². The zero-order valence-corrected chi connectivity index (χ0v) is 12.7. The number of halogens is 1. The number of methoxy groups -OCH3 is 1. The van der Waals surface area contributed by atoms with E-state index in [1.807, 2.05) is 24.3 Å². The smallest absolute Gasteiger partial charge is 0.119 e. The maximum Gasteiger partial charge on any atom is 0.119 e. The van der Waals surface area contributed by atoms with Crippen molar-refractivity contribution in [2.45, 2.75) is 6.42 Å². The fraction of sp³-hybridized carbons (Fsp3) is 0.600. The third-order valence-corrected chi connectivity index (χ3v) is 2.80. The number of aryl methyl sites for hydroxylation is 1. The van der Waals surface area contributed by atoms with Crippen LogP contribution in [-0.2, 0) is 20.6 Å². The predicted octanol–water partition coefficient (Wildman–Crippen LogP) is 2.53. The van der Waals surface area contributed by atoms with E-state index in [0.29, 0.717) is 45.5 Å². The topological polar surface area (TPSA) is 36.9 Å². The van der Waals surface area contributed by atoms with Crippen LogP contribution in [-0.4, -0.2) is 52.6 Å². The molecule has 0 radical (unpaired) electrons. The van der Waals surface area contributed by atoms with Crippen molar-refractivity contribution >= 4 is 11.6 Å². The van der Waals surface area contributed by atoms with Crippen LogP contribution in [0.3, 0.4) is 0 Å². The zero-order chi connectivity index (χ0) is 14.5. The average molecular weight is 303 g/mol. The molecule has 0 aliphatic heterocycles. The lowest BCUT2D eigenvalue weighted by Crippen LogP contribution is -2.12. The van der Waals surface area contributed by atoms with Crippen molar-refractivity contribution in [3.8, 4) is 5.75 Å². The first-order valence-electron chi connectivity index (χ1n) is 6.79. The number of hydrogen-bond acceptors (Lipinski definition) is 4. The van der Waals surface area contributed by atoms with Gasteiger partial charge in [0.05, 0.1) is 33.0 Å². The predicted molar refractivity (Wildman–Crippen MR) is 79.9 cm³/mol. The molecule has 0 saturated heterocycles. The van der Waals surface area contributed by atoms with Crippen molar-refractivity contribution in [1.82, 2.24) is 0 Å². The van der Waals surface area contributed by atoms with Crippen LogP contribution in [0.2, 0.25) is 0 Å². The Kier molecular flexibility index (Phi) is 10.3. The van der Waals surface area contributed by atoms with E-state index in [9.17, 15) is 0 Å². The van der Waals surface area contributed by atoms with Crippen LogP contribution in [0, 0.1) is 0 Å². The summed E-state index contributed by atoms with van der Waals surface area (Å²) in [6.45, 7) is 3.45. The lowest BCUT2D eigenvalue weighted by molar-refractivity contribution is 0.0180. The minimum Gasteiger partial charge on any atom is -0.491 e. The summed E-state index contributed by atoms with van der Waals surface area (Å²) in [5, 5.41) is 0. The molecule has 114 valence electrons. The van der Waals surface area contributed by atoms with E-state index in [0.717, 1.165) is 12.2 Å². The second-order valence-corrected chi connectivity index (χ2v) is 4.53. The highest BCUT2D eigenvalue weighted by atomic mass is 35.5. The summed E-state index contributed by atoms with van der Waals surface area (Å²) in [5.74, 6) is 1.49. The molecule has 1 aromatic rings. The molecular formula is C15H23ClO4. The molecule has 0 saturated carbocycles. The molecule has 0 aliphatic rings. The van der Waals surface area contributed by atoms with Crippen molar-refractivity contribution in [1.29, 1.82) is 0 Å². The minimum absolute atomic E-state index is 0.535. The van der Waals surface area contributed by atoms with Gasteiger partial charge >= 0.3 is 0 Å². The summed E-state index contributed by atoms with van der Waals surface area (Å²) in [6, 6.07) is 7.97. The Hall–Kier alpha value is -0.810. The van der Waals surface area contributed by atoms with Gasteiger partial charge in [-0.15, -0.1) is 11.6 Å². The first-order chi connectivity index (χ1) is 9.86. The first-order valence-corrected chi connectivity index (χ1v) is 7.32. The molecule has 0 aromatic heterocycles. The van der Waals surface area contributed by atoms with Crippen LogP contribution in [0.4, 0.5) is 0 Å². The van der Waals surface area contributed by atoms with Crippen LogP contribution >= 0.6 is 11.6 Å². The highest BCUT2D eigenvalue weighted by Crippen LogP contribution is 2.12. The molecule has 0 heterocycles. The van der Waals surface area contributed by atoms with E-state index in [4.69, 9.17) is 30.5 Å². The van der Waals surface area contributed by atoms with Gasteiger partial charge in [-0.2, -0.15) is 0 Å². The molecule has 0 atom stereocenters. The van der Waals surface area contributed by atoms with Gasteiger partial charge in [-0.3, -0.25) is 0 Å². The number of hydrogen-bond donors (Lipinski definition) is 0. The van der Waals surface area contributed by atoms with Crippen LogP contribution in [0.15, 0.2) is 24.3 Å². The monoisotopic (exact) mass is 302 g/mol. The van der Waals surface area contributed by atoms with Crippen LogP contribution in [0.5, 0.6) is 5.75 Å². The summed E-state index contributed by atoms with van der Waals surface area (Å²) in [7, 11) is 1.65. The van der Waals surface area contributed by atoms with E-state index < -0.39 is 0 Å². The molecule has 0 fully saturated rings. The molecule has 0 unspecified atom stereocenters. The second-order valence-electron chi connectivity index (χ2n) is 4.15. The Morgan fingerprint density at radius 3 is 2.05 bits per heavy atom. The molecular weight excluding hydrogens is 280 g/mol. The van der Waals surface area contributed by atoms with E-state index in [-0.39, 0.29) is 0 Å². The van der Waals surface area contributed by atoms with Crippen molar-refractivity contribution < 1.29 is 18.9 Å². The summed E-state index contributed by atoms with van der Waals surface area (Å²) in [5.41, 5.74) is 1.22. The third-order valence-electron chi connectivity index (χ3n) is 2.61. The zero-order valence-electron chi connectivity index (χ0n) is 12.0. The lowest BCUT2D eigenvalue weighted by Gasteiger charge is -2.08.